The second kappa shape index (κ2) is 9.31. The minimum Gasteiger partial charge on any atom is -0.465 e. The molecule has 0 atom stereocenters. The summed E-state index contributed by atoms with van der Waals surface area (Å²) >= 11 is 0. The van der Waals surface area contributed by atoms with E-state index in [9.17, 15) is 18.0 Å². The summed E-state index contributed by atoms with van der Waals surface area (Å²) in [6.07, 6.45) is 0. The highest BCUT2D eigenvalue weighted by Gasteiger charge is 2.17. The van der Waals surface area contributed by atoms with Crippen LogP contribution in [-0.4, -0.2) is 27.5 Å². The molecule has 0 aliphatic heterocycles. The first-order chi connectivity index (χ1) is 14.8. The van der Waals surface area contributed by atoms with Gasteiger partial charge in [-0.1, -0.05) is 24.3 Å². The molecular weight excluding hydrogens is 418 g/mol. The van der Waals surface area contributed by atoms with E-state index in [1.807, 2.05) is 6.07 Å². The molecule has 0 aliphatic rings. The number of anilines is 3. The zero-order valence-corrected chi connectivity index (χ0v) is 17.7. The molecular formula is C22H21N3O5S. The summed E-state index contributed by atoms with van der Waals surface area (Å²) in [5.41, 5.74) is 2.27. The molecule has 31 heavy (non-hydrogen) atoms. The van der Waals surface area contributed by atoms with E-state index in [2.05, 4.69) is 20.1 Å². The first-order valence-corrected chi connectivity index (χ1v) is 10.7. The molecule has 0 aliphatic carbocycles. The summed E-state index contributed by atoms with van der Waals surface area (Å²) in [5, 5.41) is 5.36. The smallest absolute Gasteiger partial charge is 0.337 e. The van der Waals surface area contributed by atoms with E-state index < -0.39 is 22.0 Å². The Balaban J connectivity index is 1.75. The molecule has 8 nitrogen and oxygen atoms in total. The highest BCUT2D eigenvalue weighted by Crippen LogP contribution is 2.24. The lowest BCUT2D eigenvalue weighted by atomic mass is 10.2. The lowest BCUT2D eigenvalue weighted by molar-refractivity contribution is 0.0600. The largest absolute Gasteiger partial charge is 0.465 e. The van der Waals surface area contributed by atoms with Crippen molar-refractivity contribution in [2.75, 3.05) is 22.5 Å². The molecule has 3 rings (SSSR count). The van der Waals surface area contributed by atoms with Gasteiger partial charge in [-0.15, -0.1) is 0 Å². The van der Waals surface area contributed by atoms with Gasteiger partial charge in [0.05, 0.1) is 23.3 Å². The fraction of sp³-hybridized carbons (Fsp3) is 0.0909. The van der Waals surface area contributed by atoms with Crippen LogP contribution in [0.5, 0.6) is 0 Å². The third-order valence-corrected chi connectivity index (χ3v) is 5.74. The molecule has 0 heterocycles. The fourth-order valence-electron chi connectivity index (χ4n) is 2.72. The van der Waals surface area contributed by atoms with Gasteiger partial charge in [0.25, 0.3) is 10.0 Å². The van der Waals surface area contributed by atoms with Crippen LogP contribution < -0.4 is 15.4 Å². The minimum atomic E-state index is -3.91. The Labute approximate surface area is 180 Å². The van der Waals surface area contributed by atoms with E-state index in [1.54, 1.807) is 43.3 Å². The third-order valence-electron chi connectivity index (χ3n) is 4.36. The van der Waals surface area contributed by atoms with Crippen LogP contribution in [0, 0.1) is 6.92 Å². The van der Waals surface area contributed by atoms with Crippen LogP contribution in [0.1, 0.15) is 15.9 Å². The number of aryl methyl sites for hydroxylation is 1. The van der Waals surface area contributed by atoms with Crippen LogP contribution in [0.25, 0.3) is 0 Å². The molecule has 0 fully saturated rings. The van der Waals surface area contributed by atoms with E-state index in [-0.39, 0.29) is 10.5 Å². The monoisotopic (exact) mass is 439 g/mol. The van der Waals surface area contributed by atoms with Crippen LogP contribution in [0.3, 0.4) is 0 Å². The average Bonchev–Trinajstić information content (AvgIpc) is 2.76. The average molecular weight is 439 g/mol. The topological polar surface area (TPSA) is 114 Å². The van der Waals surface area contributed by atoms with Crippen LogP contribution in [0.2, 0.25) is 0 Å². The number of urea groups is 1. The van der Waals surface area contributed by atoms with E-state index in [0.29, 0.717) is 22.6 Å². The van der Waals surface area contributed by atoms with Crippen LogP contribution in [0.15, 0.2) is 77.7 Å². The summed E-state index contributed by atoms with van der Waals surface area (Å²) in [5.74, 6) is -0.555. The number of methoxy groups -OCH3 is 1. The molecule has 160 valence electrons. The maximum Gasteiger partial charge on any atom is 0.337 e. The standard InChI is InChI=1S/C22H21N3O5S/c1-15-8-11-18(24-22(27)23-17-6-4-3-5-7-17)14-20(15)25-31(28,29)19-12-9-16(10-13-19)21(26)30-2/h3-14,25H,1-2H3,(H2,23,24,27). The number of para-hydroxylation sites is 1. The summed E-state index contributed by atoms with van der Waals surface area (Å²) in [4.78, 5) is 23.7. The number of ether oxygens (including phenoxy) is 1. The Morgan fingerprint density at radius 1 is 0.839 bits per heavy atom. The van der Waals surface area contributed by atoms with Crippen molar-refractivity contribution in [1.82, 2.24) is 0 Å². The van der Waals surface area contributed by atoms with Crippen LogP contribution >= 0.6 is 0 Å². The summed E-state index contributed by atoms with van der Waals surface area (Å²) in [6, 6.07) is 18.8. The quantitative estimate of drug-likeness (QED) is 0.498. The lowest BCUT2D eigenvalue weighted by Crippen LogP contribution is -2.20. The zero-order valence-electron chi connectivity index (χ0n) is 16.9. The summed E-state index contributed by atoms with van der Waals surface area (Å²) in [6.45, 7) is 1.74. The van der Waals surface area contributed by atoms with Crippen molar-refractivity contribution < 1.29 is 22.7 Å². The van der Waals surface area contributed by atoms with E-state index >= 15 is 0 Å². The second-order valence-electron chi connectivity index (χ2n) is 6.60. The Kier molecular flexibility index (Phi) is 6.56. The first-order valence-electron chi connectivity index (χ1n) is 9.23. The van der Waals surface area contributed by atoms with Crippen LogP contribution in [0.4, 0.5) is 21.9 Å². The second-order valence-corrected chi connectivity index (χ2v) is 8.28. The molecule has 0 bridgehead atoms. The Hall–Kier alpha value is -3.85. The summed E-state index contributed by atoms with van der Waals surface area (Å²) in [7, 11) is -2.66. The highest BCUT2D eigenvalue weighted by molar-refractivity contribution is 7.92. The maximum atomic E-state index is 12.8. The van der Waals surface area contributed by atoms with E-state index in [4.69, 9.17) is 0 Å². The van der Waals surface area contributed by atoms with E-state index in [1.165, 1.54) is 37.4 Å². The van der Waals surface area contributed by atoms with E-state index in [0.717, 1.165) is 0 Å². The summed E-state index contributed by atoms with van der Waals surface area (Å²) < 4.78 is 32.6. The molecule has 3 N–H and O–H groups in total. The molecule has 3 aromatic rings. The van der Waals surface area contributed by atoms with Gasteiger partial charge in [-0.25, -0.2) is 18.0 Å². The van der Waals surface area contributed by atoms with Gasteiger partial charge in [-0.3, -0.25) is 4.72 Å². The number of carbonyl (C=O) groups excluding carboxylic acids is 2. The van der Waals surface area contributed by atoms with Gasteiger partial charge in [-0.2, -0.15) is 0 Å². The van der Waals surface area contributed by atoms with Gasteiger partial charge in [0, 0.05) is 11.4 Å². The molecule has 0 radical (unpaired) electrons. The number of nitrogens with one attached hydrogen (secondary N) is 3. The lowest BCUT2D eigenvalue weighted by Gasteiger charge is -2.13. The Morgan fingerprint density at radius 2 is 1.48 bits per heavy atom. The number of hydrogen-bond acceptors (Lipinski definition) is 5. The van der Waals surface area contributed by atoms with Crippen molar-refractivity contribution in [3.8, 4) is 0 Å². The minimum absolute atomic E-state index is 0.0141. The predicted octanol–water partition coefficient (Wildman–Crippen LogP) is 4.23. The van der Waals surface area contributed by atoms with Crippen molar-refractivity contribution in [2.24, 2.45) is 0 Å². The molecule has 0 aromatic heterocycles. The van der Waals surface area contributed by atoms with Crippen LogP contribution in [-0.2, 0) is 14.8 Å². The number of benzene rings is 3. The highest BCUT2D eigenvalue weighted by atomic mass is 32.2. The Bertz CT molecular complexity index is 1190. The molecule has 9 heteroatoms. The van der Waals surface area contributed by atoms with Crippen molar-refractivity contribution in [3.05, 3.63) is 83.9 Å². The van der Waals surface area contributed by atoms with Gasteiger partial charge in [-0.05, 0) is 61.0 Å². The van der Waals surface area contributed by atoms with Gasteiger partial charge >= 0.3 is 12.0 Å². The number of amides is 2. The number of sulfonamides is 1. The molecule has 0 unspecified atom stereocenters. The third kappa shape index (κ3) is 5.61. The van der Waals surface area contributed by atoms with Gasteiger partial charge in [0.1, 0.15) is 0 Å². The zero-order chi connectivity index (χ0) is 22.4. The number of hydrogen-bond donors (Lipinski definition) is 3. The van der Waals surface area contributed by atoms with Crippen molar-refractivity contribution >= 4 is 39.1 Å². The molecule has 3 aromatic carbocycles. The fourth-order valence-corrected chi connectivity index (χ4v) is 3.84. The van der Waals surface area contributed by atoms with Gasteiger partial charge < -0.3 is 15.4 Å². The number of carbonyl (C=O) groups is 2. The molecule has 0 saturated heterocycles. The number of esters is 1. The van der Waals surface area contributed by atoms with Gasteiger partial charge in [0.2, 0.25) is 0 Å². The van der Waals surface area contributed by atoms with Gasteiger partial charge in [0.15, 0.2) is 0 Å². The number of rotatable bonds is 6. The molecule has 0 spiro atoms. The predicted molar refractivity (Wildman–Crippen MR) is 119 cm³/mol. The maximum absolute atomic E-state index is 12.8. The van der Waals surface area contributed by atoms with Crippen molar-refractivity contribution in [1.29, 1.82) is 0 Å². The molecule has 2 amide bonds. The SMILES string of the molecule is COC(=O)c1ccc(S(=O)(=O)Nc2cc(NC(=O)Nc3ccccc3)ccc2C)cc1. The normalized spacial score (nSPS) is 10.8. The van der Waals surface area contributed by atoms with Crippen molar-refractivity contribution in [3.63, 3.8) is 0 Å². The van der Waals surface area contributed by atoms with Crippen molar-refractivity contribution in [2.45, 2.75) is 11.8 Å². The molecule has 0 saturated carbocycles. The Morgan fingerprint density at radius 3 is 2.13 bits per heavy atom. The first kappa shape index (κ1) is 21.8.